The van der Waals surface area contributed by atoms with Crippen molar-refractivity contribution in [2.45, 2.75) is 20.3 Å². The van der Waals surface area contributed by atoms with E-state index in [2.05, 4.69) is 5.32 Å². The lowest BCUT2D eigenvalue weighted by atomic mass is 10.2. The molecule has 2 aromatic carbocycles. The summed E-state index contributed by atoms with van der Waals surface area (Å²) < 4.78 is 14.2. The molecule has 1 heterocycles. The van der Waals surface area contributed by atoms with Gasteiger partial charge in [0, 0.05) is 13.1 Å². The summed E-state index contributed by atoms with van der Waals surface area (Å²) in [5.41, 5.74) is 1.94. The second-order valence-corrected chi connectivity index (χ2v) is 7.55. The lowest BCUT2D eigenvalue weighted by molar-refractivity contribution is -0.111. The van der Waals surface area contributed by atoms with Gasteiger partial charge in [-0.05, 0) is 49.2 Å². The fourth-order valence-corrected chi connectivity index (χ4v) is 3.50. The highest BCUT2D eigenvalue weighted by molar-refractivity contribution is 6.32. The van der Waals surface area contributed by atoms with Crippen LogP contribution in [0.1, 0.15) is 24.6 Å². The van der Waals surface area contributed by atoms with Crippen molar-refractivity contribution in [2.24, 2.45) is 7.05 Å². The van der Waals surface area contributed by atoms with Gasteiger partial charge in [-0.2, -0.15) is 0 Å². The number of carbonyl (C=O) groups is 1. The Labute approximate surface area is 191 Å². The van der Waals surface area contributed by atoms with E-state index in [-0.39, 0.29) is 11.2 Å². The van der Waals surface area contributed by atoms with Gasteiger partial charge >= 0.3 is 0 Å². The van der Waals surface area contributed by atoms with Crippen molar-refractivity contribution in [3.8, 4) is 17.2 Å². The summed E-state index contributed by atoms with van der Waals surface area (Å²) in [5, 5.41) is 3.08. The van der Waals surface area contributed by atoms with Crippen molar-refractivity contribution < 1.29 is 14.3 Å². The van der Waals surface area contributed by atoms with Gasteiger partial charge in [-0.3, -0.25) is 14.3 Å². The van der Waals surface area contributed by atoms with Gasteiger partial charge in [0.05, 0.1) is 30.1 Å². The average Bonchev–Trinajstić information content (AvgIpc) is 3.00. The maximum Gasteiger partial charge on any atom is 0.295 e. The van der Waals surface area contributed by atoms with Crippen molar-refractivity contribution in [2.75, 3.05) is 19.0 Å². The zero-order valence-electron chi connectivity index (χ0n) is 18.5. The Balaban J connectivity index is 1.82. The molecular weight excluding hydrogens is 430 g/mol. The molecule has 0 aliphatic carbocycles. The van der Waals surface area contributed by atoms with Gasteiger partial charge in [0.2, 0.25) is 5.91 Å². The fourth-order valence-electron chi connectivity index (χ4n) is 3.23. The van der Waals surface area contributed by atoms with Crippen LogP contribution in [0.4, 0.5) is 5.69 Å². The van der Waals surface area contributed by atoms with Crippen LogP contribution in [0.25, 0.3) is 11.8 Å². The van der Waals surface area contributed by atoms with Crippen molar-refractivity contribution in [1.82, 2.24) is 9.36 Å². The van der Waals surface area contributed by atoms with Gasteiger partial charge in [0.1, 0.15) is 5.69 Å². The standard InChI is InChI=1S/C24H26ClN3O4/c1-5-13-32-23-19(25)14-17(15-20(23)31-4)11-12-21(29)26-22-16(2)27(3)28(24(22)30)18-9-7-6-8-10-18/h6-12,14-15H,5,13H2,1-4H3,(H,26,29)/b12-11+. The highest BCUT2D eigenvalue weighted by Crippen LogP contribution is 2.36. The number of nitrogens with zero attached hydrogens (tertiary/aromatic N) is 2. The number of hydrogen-bond acceptors (Lipinski definition) is 4. The third-order valence-corrected chi connectivity index (χ3v) is 5.21. The summed E-state index contributed by atoms with van der Waals surface area (Å²) in [6.45, 7) is 4.30. The number of anilines is 1. The van der Waals surface area contributed by atoms with Crippen LogP contribution >= 0.6 is 11.6 Å². The van der Waals surface area contributed by atoms with E-state index in [4.69, 9.17) is 21.1 Å². The van der Waals surface area contributed by atoms with E-state index in [0.29, 0.717) is 40.1 Å². The third kappa shape index (κ3) is 4.89. The molecule has 0 saturated carbocycles. The minimum absolute atomic E-state index is 0.227. The smallest absolute Gasteiger partial charge is 0.295 e. The van der Waals surface area contributed by atoms with E-state index in [1.54, 1.807) is 36.9 Å². The van der Waals surface area contributed by atoms with E-state index in [1.165, 1.54) is 17.9 Å². The summed E-state index contributed by atoms with van der Waals surface area (Å²) in [4.78, 5) is 25.5. The molecule has 0 atom stereocenters. The zero-order chi connectivity index (χ0) is 23.3. The number of nitrogens with one attached hydrogen (secondary N) is 1. The number of aromatic nitrogens is 2. The Hall–Kier alpha value is -3.45. The highest BCUT2D eigenvalue weighted by atomic mass is 35.5. The topological polar surface area (TPSA) is 74.5 Å². The summed E-state index contributed by atoms with van der Waals surface area (Å²) in [5.74, 6) is 0.520. The Bertz CT molecular complexity index is 1200. The highest BCUT2D eigenvalue weighted by Gasteiger charge is 2.17. The molecule has 0 unspecified atom stereocenters. The van der Waals surface area contributed by atoms with Crippen LogP contribution < -0.4 is 20.3 Å². The first-order valence-corrected chi connectivity index (χ1v) is 10.6. The molecule has 0 spiro atoms. The van der Waals surface area contributed by atoms with Crippen molar-refractivity contribution in [3.05, 3.63) is 75.2 Å². The Morgan fingerprint density at radius 3 is 2.59 bits per heavy atom. The van der Waals surface area contributed by atoms with Gasteiger partial charge in [0.15, 0.2) is 11.5 Å². The molecule has 168 valence electrons. The van der Waals surface area contributed by atoms with E-state index in [0.717, 1.165) is 6.42 Å². The number of benzene rings is 2. The first kappa shape index (κ1) is 23.2. The Morgan fingerprint density at radius 2 is 1.94 bits per heavy atom. The molecule has 3 aromatic rings. The maximum atomic E-state index is 12.9. The Kier molecular flexibility index (Phi) is 7.43. The SMILES string of the molecule is CCCOc1c(Cl)cc(/C=C/C(=O)Nc2c(C)n(C)n(-c3ccccc3)c2=O)cc1OC. The summed E-state index contributed by atoms with van der Waals surface area (Å²) in [7, 11) is 3.30. The fraction of sp³-hybridized carbons (Fsp3) is 0.250. The molecule has 3 rings (SSSR count). The van der Waals surface area contributed by atoms with E-state index in [9.17, 15) is 9.59 Å². The zero-order valence-corrected chi connectivity index (χ0v) is 19.3. The quantitative estimate of drug-likeness (QED) is 0.504. The molecule has 0 aliphatic heterocycles. The summed E-state index contributed by atoms with van der Waals surface area (Å²) in [6, 6.07) is 12.7. The minimum Gasteiger partial charge on any atom is -0.493 e. The van der Waals surface area contributed by atoms with Crippen LogP contribution in [-0.2, 0) is 11.8 Å². The monoisotopic (exact) mass is 455 g/mol. The van der Waals surface area contributed by atoms with Crippen molar-refractivity contribution >= 4 is 29.3 Å². The molecular formula is C24H26ClN3O4. The molecule has 0 bridgehead atoms. The number of para-hydroxylation sites is 1. The van der Waals surface area contributed by atoms with Crippen LogP contribution in [0, 0.1) is 6.92 Å². The van der Waals surface area contributed by atoms with Gasteiger partial charge in [0.25, 0.3) is 5.56 Å². The molecule has 7 nitrogen and oxygen atoms in total. The maximum absolute atomic E-state index is 12.9. The van der Waals surface area contributed by atoms with Crippen LogP contribution in [0.5, 0.6) is 11.5 Å². The van der Waals surface area contributed by atoms with Crippen LogP contribution in [-0.4, -0.2) is 29.0 Å². The predicted molar refractivity (Wildman–Crippen MR) is 127 cm³/mol. The second-order valence-electron chi connectivity index (χ2n) is 7.14. The van der Waals surface area contributed by atoms with Crippen LogP contribution in [0.2, 0.25) is 5.02 Å². The van der Waals surface area contributed by atoms with Crippen molar-refractivity contribution in [1.29, 1.82) is 0 Å². The molecule has 1 N–H and O–H groups in total. The number of hydrogen-bond donors (Lipinski definition) is 1. The number of ether oxygens (including phenoxy) is 2. The number of halogens is 1. The van der Waals surface area contributed by atoms with E-state index in [1.807, 2.05) is 37.3 Å². The van der Waals surface area contributed by atoms with Gasteiger partial charge in [-0.25, -0.2) is 4.68 Å². The molecule has 1 aromatic heterocycles. The molecule has 8 heteroatoms. The number of methoxy groups -OCH3 is 1. The molecule has 0 radical (unpaired) electrons. The summed E-state index contributed by atoms with van der Waals surface area (Å²) in [6.07, 6.45) is 3.78. The second kappa shape index (κ2) is 10.2. The number of carbonyl (C=O) groups excluding carboxylic acids is 1. The van der Waals surface area contributed by atoms with Crippen molar-refractivity contribution in [3.63, 3.8) is 0 Å². The van der Waals surface area contributed by atoms with Gasteiger partial charge in [-0.1, -0.05) is 36.7 Å². The lowest BCUT2D eigenvalue weighted by Crippen LogP contribution is -2.22. The molecule has 0 aliphatic rings. The summed E-state index contributed by atoms with van der Waals surface area (Å²) >= 11 is 6.33. The molecule has 0 saturated heterocycles. The van der Waals surface area contributed by atoms with E-state index < -0.39 is 5.91 Å². The largest absolute Gasteiger partial charge is 0.493 e. The molecule has 32 heavy (non-hydrogen) atoms. The number of amides is 1. The van der Waals surface area contributed by atoms with Crippen LogP contribution in [0.3, 0.4) is 0 Å². The average molecular weight is 456 g/mol. The Morgan fingerprint density at radius 1 is 1.22 bits per heavy atom. The predicted octanol–water partition coefficient (Wildman–Crippen LogP) is 4.59. The minimum atomic E-state index is -0.433. The van der Waals surface area contributed by atoms with Gasteiger partial charge < -0.3 is 14.8 Å². The molecule has 1 amide bonds. The number of rotatable bonds is 8. The normalized spacial score (nSPS) is 11.0. The van der Waals surface area contributed by atoms with Gasteiger partial charge in [-0.15, -0.1) is 0 Å². The lowest BCUT2D eigenvalue weighted by Gasteiger charge is -2.12. The van der Waals surface area contributed by atoms with Crippen LogP contribution in [0.15, 0.2) is 53.3 Å². The van der Waals surface area contributed by atoms with E-state index >= 15 is 0 Å². The first-order chi connectivity index (χ1) is 15.4. The first-order valence-electron chi connectivity index (χ1n) is 10.2. The third-order valence-electron chi connectivity index (χ3n) is 4.93. The molecule has 0 fully saturated rings.